The third-order valence-electron chi connectivity index (χ3n) is 4.80. The van der Waals surface area contributed by atoms with Crippen molar-refractivity contribution in [2.45, 2.75) is 45.8 Å². The molecule has 1 aromatic carbocycles. The summed E-state index contributed by atoms with van der Waals surface area (Å²) in [5.74, 6) is 0. The molecule has 0 bridgehead atoms. The van der Waals surface area contributed by atoms with Crippen LogP contribution in [0.3, 0.4) is 0 Å². The van der Waals surface area contributed by atoms with Gasteiger partial charge in [-0.2, -0.15) is 5.10 Å². The highest BCUT2D eigenvalue weighted by atomic mass is 19.1. The summed E-state index contributed by atoms with van der Waals surface area (Å²) < 4.78 is 28.0. The second-order valence-corrected chi connectivity index (χ2v) is 6.95. The lowest BCUT2D eigenvalue weighted by Gasteiger charge is -2.32. The van der Waals surface area contributed by atoms with Gasteiger partial charge in [0.1, 0.15) is 18.4 Å². The molecule has 1 aromatic heterocycles. The molecule has 1 saturated heterocycles. The van der Waals surface area contributed by atoms with Gasteiger partial charge < -0.3 is 9.31 Å². The van der Waals surface area contributed by atoms with Crippen molar-refractivity contribution in [3.63, 3.8) is 0 Å². The summed E-state index contributed by atoms with van der Waals surface area (Å²) >= 11 is 0. The average molecular weight is 329 g/mol. The maximum absolute atomic E-state index is 14.8. The zero-order chi connectivity index (χ0) is 17.5. The number of hydrogen-bond acceptors (Lipinski definition) is 4. The van der Waals surface area contributed by atoms with E-state index in [-0.39, 0.29) is 0 Å². The first-order valence-corrected chi connectivity index (χ1v) is 7.89. The fourth-order valence-corrected chi connectivity index (χ4v) is 2.47. The first-order chi connectivity index (χ1) is 11.2. The van der Waals surface area contributed by atoms with Crippen LogP contribution in [0.5, 0.6) is 0 Å². The standard InChI is InChI=1S/C17H21BFN3O2/c1-12(15(19)18-23-16(2,3)17(4,5)24-18)13-6-8-14(9-7-13)22-11-20-10-21-22/h6-11H,1-5H3. The Bertz CT molecular complexity index is 739. The minimum absolute atomic E-state index is 0.401. The molecule has 3 rings (SSSR count). The van der Waals surface area contributed by atoms with E-state index in [0.717, 1.165) is 11.3 Å². The zero-order valence-electron chi connectivity index (χ0n) is 14.6. The summed E-state index contributed by atoms with van der Waals surface area (Å²) in [6.07, 6.45) is 3.08. The Morgan fingerprint density at radius 1 is 1.08 bits per heavy atom. The van der Waals surface area contributed by atoms with E-state index >= 15 is 0 Å². The van der Waals surface area contributed by atoms with E-state index in [0.29, 0.717) is 5.57 Å². The van der Waals surface area contributed by atoms with Crippen molar-refractivity contribution < 1.29 is 13.7 Å². The van der Waals surface area contributed by atoms with Gasteiger partial charge in [-0.3, -0.25) is 0 Å². The van der Waals surface area contributed by atoms with Gasteiger partial charge in [0.05, 0.1) is 16.9 Å². The minimum atomic E-state index is -0.981. The smallest absolute Gasteiger partial charge is 0.398 e. The Labute approximate surface area is 141 Å². The normalized spacial score (nSPS) is 20.2. The molecule has 2 heterocycles. The van der Waals surface area contributed by atoms with Crippen molar-refractivity contribution in [2.24, 2.45) is 0 Å². The van der Waals surface area contributed by atoms with Gasteiger partial charge in [0.25, 0.3) is 0 Å². The van der Waals surface area contributed by atoms with Gasteiger partial charge in [0, 0.05) is 0 Å². The molecule has 0 saturated carbocycles. The molecular weight excluding hydrogens is 308 g/mol. The lowest BCUT2D eigenvalue weighted by atomic mass is 9.83. The summed E-state index contributed by atoms with van der Waals surface area (Å²) in [7, 11) is -0.981. The number of halogens is 1. The van der Waals surface area contributed by atoms with E-state index < -0.39 is 24.0 Å². The van der Waals surface area contributed by atoms with E-state index in [1.165, 1.54) is 6.33 Å². The first-order valence-electron chi connectivity index (χ1n) is 7.89. The summed E-state index contributed by atoms with van der Waals surface area (Å²) in [5.41, 5.74) is 0.602. The van der Waals surface area contributed by atoms with Gasteiger partial charge in [0.2, 0.25) is 0 Å². The van der Waals surface area contributed by atoms with E-state index in [9.17, 15) is 4.39 Å². The molecule has 24 heavy (non-hydrogen) atoms. The second kappa shape index (κ2) is 5.83. The van der Waals surface area contributed by atoms with Crippen LogP contribution in [0.2, 0.25) is 0 Å². The number of aromatic nitrogens is 3. The van der Waals surface area contributed by atoms with Gasteiger partial charge in [-0.25, -0.2) is 14.1 Å². The van der Waals surface area contributed by atoms with Crippen molar-refractivity contribution in [1.82, 2.24) is 14.8 Å². The number of benzene rings is 1. The summed E-state index contributed by atoms with van der Waals surface area (Å²) in [6, 6.07) is 7.42. The maximum atomic E-state index is 14.8. The number of hydrogen-bond donors (Lipinski definition) is 0. The van der Waals surface area contributed by atoms with Gasteiger partial charge in [0.15, 0.2) is 0 Å². The Kier molecular flexibility index (Phi) is 4.09. The van der Waals surface area contributed by atoms with Crippen LogP contribution in [-0.2, 0) is 9.31 Å². The highest BCUT2D eigenvalue weighted by molar-refractivity contribution is 6.55. The monoisotopic (exact) mass is 329 g/mol. The molecule has 1 aliphatic rings. The number of allylic oxidation sites excluding steroid dienone is 1. The van der Waals surface area contributed by atoms with Crippen LogP contribution < -0.4 is 0 Å². The molecule has 0 unspecified atom stereocenters. The van der Waals surface area contributed by atoms with Crippen LogP contribution in [0.1, 0.15) is 40.2 Å². The molecule has 0 aliphatic carbocycles. The van der Waals surface area contributed by atoms with Crippen molar-refractivity contribution in [3.05, 3.63) is 48.2 Å². The largest absolute Gasteiger partial charge is 0.525 e. The molecule has 1 fully saturated rings. The number of nitrogens with zero attached hydrogens (tertiary/aromatic N) is 3. The van der Waals surface area contributed by atoms with Crippen LogP contribution >= 0.6 is 0 Å². The predicted octanol–water partition coefficient (Wildman–Crippen LogP) is 3.60. The molecule has 0 amide bonds. The van der Waals surface area contributed by atoms with E-state index in [4.69, 9.17) is 9.31 Å². The highest BCUT2D eigenvalue weighted by Crippen LogP contribution is 2.40. The zero-order valence-corrected chi connectivity index (χ0v) is 14.6. The van der Waals surface area contributed by atoms with Crippen LogP contribution in [0, 0.1) is 0 Å². The fraction of sp³-hybridized carbons (Fsp3) is 0.412. The fourth-order valence-electron chi connectivity index (χ4n) is 2.47. The van der Waals surface area contributed by atoms with Crippen LogP contribution in [0.25, 0.3) is 11.3 Å². The SMILES string of the molecule is CC(=C(F)B1OC(C)(C)C(C)(C)O1)c1ccc(-n2cncn2)cc1. The van der Waals surface area contributed by atoms with Crippen molar-refractivity contribution >= 4 is 12.7 Å². The van der Waals surface area contributed by atoms with Crippen molar-refractivity contribution in [2.75, 3.05) is 0 Å². The number of rotatable bonds is 3. The van der Waals surface area contributed by atoms with E-state index in [2.05, 4.69) is 10.1 Å². The van der Waals surface area contributed by atoms with Crippen molar-refractivity contribution in [1.29, 1.82) is 0 Å². The predicted molar refractivity (Wildman–Crippen MR) is 91.1 cm³/mol. The van der Waals surface area contributed by atoms with E-state index in [1.54, 1.807) is 17.9 Å². The molecular formula is C17H21BFN3O2. The topological polar surface area (TPSA) is 49.2 Å². The first kappa shape index (κ1) is 16.9. The Hall–Kier alpha value is -1.99. The molecule has 0 N–H and O–H groups in total. The van der Waals surface area contributed by atoms with Gasteiger partial charge in [-0.15, -0.1) is 0 Å². The minimum Gasteiger partial charge on any atom is -0.398 e. The van der Waals surface area contributed by atoms with Gasteiger partial charge in [-0.1, -0.05) is 12.1 Å². The molecule has 5 nitrogen and oxygen atoms in total. The van der Waals surface area contributed by atoms with Crippen LogP contribution in [-0.4, -0.2) is 33.1 Å². The molecule has 1 aliphatic heterocycles. The third kappa shape index (κ3) is 2.89. The van der Waals surface area contributed by atoms with Crippen LogP contribution in [0.15, 0.2) is 42.6 Å². The quantitative estimate of drug-likeness (QED) is 0.808. The van der Waals surface area contributed by atoms with Crippen molar-refractivity contribution in [3.8, 4) is 5.69 Å². The highest BCUT2D eigenvalue weighted by Gasteiger charge is 2.53. The van der Waals surface area contributed by atoms with Crippen LogP contribution in [0.4, 0.5) is 4.39 Å². The molecule has 0 spiro atoms. The lowest BCUT2D eigenvalue weighted by molar-refractivity contribution is 0.00578. The summed E-state index contributed by atoms with van der Waals surface area (Å²) in [5, 5.41) is 4.07. The third-order valence-corrected chi connectivity index (χ3v) is 4.80. The molecule has 0 atom stereocenters. The van der Waals surface area contributed by atoms with Gasteiger partial charge >= 0.3 is 7.12 Å². The molecule has 2 aromatic rings. The summed E-state index contributed by atoms with van der Waals surface area (Å²) in [4.78, 5) is 3.91. The molecule has 0 radical (unpaired) electrons. The maximum Gasteiger partial charge on any atom is 0.525 e. The Morgan fingerprint density at radius 2 is 1.67 bits per heavy atom. The molecule has 7 heteroatoms. The Morgan fingerprint density at radius 3 is 2.17 bits per heavy atom. The lowest BCUT2D eigenvalue weighted by Crippen LogP contribution is -2.41. The van der Waals surface area contributed by atoms with Gasteiger partial charge in [-0.05, 0) is 57.9 Å². The average Bonchev–Trinajstić information content (AvgIpc) is 3.13. The Balaban J connectivity index is 1.85. The van der Waals surface area contributed by atoms with E-state index in [1.807, 2.05) is 52.0 Å². The second-order valence-electron chi connectivity index (χ2n) is 6.95. The molecule has 126 valence electrons. The summed E-state index contributed by atoms with van der Waals surface area (Å²) in [6.45, 7) is 9.35.